The lowest BCUT2D eigenvalue weighted by Gasteiger charge is -2.09. The van der Waals surface area contributed by atoms with Crippen LogP contribution in [-0.2, 0) is 17.6 Å². The van der Waals surface area contributed by atoms with Gasteiger partial charge in [0.05, 0.1) is 0 Å². The zero-order valence-electron chi connectivity index (χ0n) is 9.79. The van der Waals surface area contributed by atoms with Gasteiger partial charge in [-0.25, -0.2) is 0 Å². The van der Waals surface area contributed by atoms with E-state index in [9.17, 15) is 9.90 Å². The summed E-state index contributed by atoms with van der Waals surface area (Å²) in [7, 11) is 0. The fourth-order valence-corrected chi connectivity index (χ4v) is 1.79. The summed E-state index contributed by atoms with van der Waals surface area (Å²) in [5, 5.41) is 18.3. The minimum atomic E-state index is -0.758. The zero-order chi connectivity index (χ0) is 12.1. The highest BCUT2D eigenvalue weighted by atomic mass is 16.4. The number of rotatable bonds is 5. The number of aryl methyl sites for hydroxylation is 3. The van der Waals surface area contributed by atoms with Crippen molar-refractivity contribution in [1.82, 2.24) is 0 Å². The summed E-state index contributed by atoms with van der Waals surface area (Å²) in [5.41, 5.74) is 2.91. The third kappa shape index (κ3) is 3.26. The smallest absolute Gasteiger partial charge is 0.303 e. The van der Waals surface area contributed by atoms with E-state index < -0.39 is 5.97 Å². The topological polar surface area (TPSA) is 57.5 Å². The molecule has 0 aliphatic rings. The molecule has 16 heavy (non-hydrogen) atoms. The number of carboxylic acid groups (broad SMARTS) is 1. The number of hydrogen-bond acceptors (Lipinski definition) is 2. The Morgan fingerprint density at radius 1 is 1.38 bits per heavy atom. The Morgan fingerprint density at radius 2 is 2.06 bits per heavy atom. The van der Waals surface area contributed by atoms with Crippen LogP contribution in [0, 0.1) is 6.92 Å². The summed E-state index contributed by atoms with van der Waals surface area (Å²) in [6.45, 7) is 3.87. The number of carboxylic acids is 1. The van der Waals surface area contributed by atoms with Crippen molar-refractivity contribution in [3.63, 3.8) is 0 Å². The van der Waals surface area contributed by atoms with E-state index in [4.69, 9.17) is 5.11 Å². The molecule has 0 saturated carbocycles. The molecule has 0 fully saturated rings. The second-order valence-corrected chi connectivity index (χ2v) is 4.02. The Balaban J connectivity index is 2.74. The van der Waals surface area contributed by atoms with Crippen molar-refractivity contribution >= 4 is 5.97 Å². The van der Waals surface area contributed by atoms with E-state index in [-0.39, 0.29) is 6.42 Å². The Hall–Kier alpha value is -1.51. The summed E-state index contributed by atoms with van der Waals surface area (Å²) in [5.74, 6) is -0.393. The molecule has 2 N–H and O–H groups in total. The molecule has 0 saturated heterocycles. The molecule has 0 aromatic heterocycles. The third-order valence-electron chi connectivity index (χ3n) is 2.68. The quantitative estimate of drug-likeness (QED) is 0.805. The minimum absolute atomic E-state index is 0.196. The second kappa shape index (κ2) is 5.54. The highest BCUT2D eigenvalue weighted by Gasteiger charge is 2.06. The first-order chi connectivity index (χ1) is 7.54. The normalized spacial score (nSPS) is 10.4. The number of aliphatic carboxylic acids is 1. The van der Waals surface area contributed by atoms with Crippen LogP contribution in [0.4, 0.5) is 0 Å². The first-order valence-electron chi connectivity index (χ1n) is 5.57. The summed E-state index contributed by atoms with van der Waals surface area (Å²) in [6, 6.07) is 3.89. The van der Waals surface area contributed by atoms with Gasteiger partial charge in [0.2, 0.25) is 0 Å². The molecule has 3 heteroatoms. The van der Waals surface area contributed by atoms with Gasteiger partial charge in [0.1, 0.15) is 5.75 Å². The molecule has 0 unspecified atom stereocenters. The van der Waals surface area contributed by atoms with E-state index in [1.807, 2.05) is 26.0 Å². The summed E-state index contributed by atoms with van der Waals surface area (Å²) in [6.07, 6.45) is 2.38. The Morgan fingerprint density at radius 3 is 2.62 bits per heavy atom. The predicted molar refractivity (Wildman–Crippen MR) is 62.8 cm³/mol. The van der Waals surface area contributed by atoms with Crippen LogP contribution in [0.1, 0.15) is 36.5 Å². The first kappa shape index (κ1) is 12.6. The molecular formula is C13H18O3. The van der Waals surface area contributed by atoms with Crippen molar-refractivity contribution in [3.8, 4) is 5.75 Å². The van der Waals surface area contributed by atoms with Crippen molar-refractivity contribution in [1.29, 1.82) is 0 Å². The molecule has 1 aromatic rings. The van der Waals surface area contributed by atoms with Crippen molar-refractivity contribution < 1.29 is 15.0 Å². The molecule has 0 heterocycles. The van der Waals surface area contributed by atoms with Crippen LogP contribution in [0.5, 0.6) is 5.75 Å². The molecule has 0 atom stereocenters. The maximum atomic E-state index is 10.4. The summed E-state index contributed by atoms with van der Waals surface area (Å²) >= 11 is 0. The number of aromatic hydroxyl groups is 1. The number of phenols is 1. The molecule has 0 bridgehead atoms. The van der Waals surface area contributed by atoms with E-state index in [1.54, 1.807) is 0 Å². The molecule has 0 spiro atoms. The average Bonchev–Trinajstić information content (AvgIpc) is 2.22. The maximum absolute atomic E-state index is 10.4. The van der Waals surface area contributed by atoms with Gasteiger partial charge in [-0.15, -0.1) is 0 Å². The van der Waals surface area contributed by atoms with E-state index in [0.29, 0.717) is 12.2 Å². The molecule has 88 valence electrons. The SMILES string of the molecule is CCc1cc(CCCC(=O)O)cc(C)c1O. The van der Waals surface area contributed by atoms with Gasteiger partial charge in [-0.1, -0.05) is 19.1 Å². The van der Waals surface area contributed by atoms with Crippen molar-refractivity contribution in [3.05, 3.63) is 28.8 Å². The Bertz CT molecular complexity index is 383. The molecule has 3 nitrogen and oxygen atoms in total. The largest absolute Gasteiger partial charge is 0.507 e. The lowest BCUT2D eigenvalue weighted by Crippen LogP contribution is -1.97. The summed E-state index contributed by atoms with van der Waals surface area (Å²) in [4.78, 5) is 10.4. The molecule has 0 amide bonds. The highest BCUT2D eigenvalue weighted by Crippen LogP contribution is 2.25. The number of phenolic OH excluding ortho intramolecular Hbond substituents is 1. The molecule has 1 aromatic carbocycles. The van der Waals surface area contributed by atoms with E-state index in [1.165, 1.54) is 0 Å². The summed E-state index contributed by atoms with van der Waals surface area (Å²) < 4.78 is 0. The fraction of sp³-hybridized carbons (Fsp3) is 0.462. The van der Waals surface area contributed by atoms with Gasteiger partial charge in [-0.05, 0) is 42.9 Å². The molecule has 0 radical (unpaired) electrons. The van der Waals surface area contributed by atoms with Crippen molar-refractivity contribution in [2.24, 2.45) is 0 Å². The van der Waals surface area contributed by atoms with Gasteiger partial charge in [0.15, 0.2) is 0 Å². The van der Waals surface area contributed by atoms with Crippen LogP contribution < -0.4 is 0 Å². The zero-order valence-corrected chi connectivity index (χ0v) is 9.79. The van der Waals surface area contributed by atoms with Gasteiger partial charge in [0.25, 0.3) is 0 Å². The van der Waals surface area contributed by atoms with Crippen LogP contribution in [0.25, 0.3) is 0 Å². The number of hydrogen-bond donors (Lipinski definition) is 2. The molecule has 1 rings (SSSR count). The monoisotopic (exact) mass is 222 g/mol. The first-order valence-corrected chi connectivity index (χ1v) is 5.57. The Labute approximate surface area is 95.7 Å². The standard InChI is InChI=1S/C13H18O3/c1-3-11-8-10(5-4-6-12(14)15)7-9(2)13(11)16/h7-8,16H,3-6H2,1-2H3,(H,14,15). The van der Waals surface area contributed by atoms with Crippen molar-refractivity contribution in [2.75, 3.05) is 0 Å². The van der Waals surface area contributed by atoms with Crippen LogP contribution in [-0.4, -0.2) is 16.2 Å². The van der Waals surface area contributed by atoms with E-state index >= 15 is 0 Å². The maximum Gasteiger partial charge on any atom is 0.303 e. The van der Waals surface area contributed by atoms with Gasteiger partial charge in [-0.3, -0.25) is 4.79 Å². The van der Waals surface area contributed by atoms with Gasteiger partial charge >= 0.3 is 5.97 Å². The molecule has 0 aliphatic heterocycles. The van der Waals surface area contributed by atoms with Gasteiger partial charge in [-0.2, -0.15) is 0 Å². The second-order valence-electron chi connectivity index (χ2n) is 4.02. The van der Waals surface area contributed by atoms with Gasteiger partial charge < -0.3 is 10.2 Å². The number of carbonyl (C=O) groups is 1. The molecule has 0 aliphatic carbocycles. The van der Waals surface area contributed by atoms with Crippen LogP contribution in [0.2, 0.25) is 0 Å². The van der Waals surface area contributed by atoms with Crippen molar-refractivity contribution in [2.45, 2.75) is 39.5 Å². The average molecular weight is 222 g/mol. The van der Waals surface area contributed by atoms with E-state index in [2.05, 4.69) is 0 Å². The molecular weight excluding hydrogens is 204 g/mol. The van der Waals surface area contributed by atoms with E-state index in [0.717, 1.165) is 29.5 Å². The third-order valence-corrected chi connectivity index (χ3v) is 2.68. The lowest BCUT2D eigenvalue weighted by molar-refractivity contribution is -0.137. The minimum Gasteiger partial charge on any atom is -0.507 e. The number of benzene rings is 1. The predicted octanol–water partition coefficient (Wildman–Crippen LogP) is 2.67. The van der Waals surface area contributed by atoms with Gasteiger partial charge in [0, 0.05) is 6.42 Å². The van der Waals surface area contributed by atoms with Crippen LogP contribution in [0.15, 0.2) is 12.1 Å². The Kier molecular flexibility index (Phi) is 4.35. The highest BCUT2D eigenvalue weighted by molar-refractivity contribution is 5.66. The van der Waals surface area contributed by atoms with Crippen LogP contribution in [0.3, 0.4) is 0 Å². The van der Waals surface area contributed by atoms with Crippen LogP contribution >= 0.6 is 0 Å². The fourth-order valence-electron chi connectivity index (χ4n) is 1.79. The lowest BCUT2D eigenvalue weighted by atomic mass is 9.99.